The molecular weight excluding hydrogens is 243 g/mol. The predicted octanol–water partition coefficient (Wildman–Crippen LogP) is 2.40. The third kappa shape index (κ3) is 4.31. The van der Waals surface area contributed by atoms with Crippen LogP contribution in [0.5, 0.6) is 0 Å². The first-order valence-corrected chi connectivity index (χ1v) is 5.58. The number of aromatic nitrogens is 2. The number of halogens is 3. The van der Waals surface area contributed by atoms with Crippen LogP contribution in [0, 0.1) is 0 Å². The molecule has 92 valence electrons. The van der Waals surface area contributed by atoms with E-state index >= 15 is 0 Å². The van der Waals surface area contributed by atoms with Gasteiger partial charge in [-0.15, -0.1) is 10.2 Å². The van der Waals surface area contributed by atoms with E-state index in [4.69, 9.17) is 4.74 Å². The molecule has 0 aliphatic rings. The summed E-state index contributed by atoms with van der Waals surface area (Å²) < 4.78 is 41.5. The zero-order valence-corrected chi connectivity index (χ0v) is 9.49. The zero-order valence-electron chi connectivity index (χ0n) is 8.67. The van der Waals surface area contributed by atoms with Gasteiger partial charge in [-0.05, 0) is 13.3 Å². The van der Waals surface area contributed by atoms with Crippen molar-refractivity contribution in [3.8, 4) is 0 Å². The average molecular weight is 255 g/mol. The van der Waals surface area contributed by atoms with Crippen LogP contribution in [-0.4, -0.2) is 30.0 Å². The van der Waals surface area contributed by atoms with E-state index in [0.717, 1.165) is 6.42 Å². The van der Waals surface area contributed by atoms with Crippen molar-refractivity contribution in [2.75, 3.05) is 25.1 Å². The Morgan fingerprint density at radius 1 is 1.38 bits per heavy atom. The number of nitrogens with zero attached hydrogens (tertiary/aromatic N) is 2. The summed E-state index contributed by atoms with van der Waals surface area (Å²) in [5, 5.41) is 8.46. The second-order valence-electron chi connectivity index (χ2n) is 2.89. The highest BCUT2D eigenvalue weighted by atomic mass is 32.1. The second-order valence-corrected chi connectivity index (χ2v) is 3.86. The Balaban J connectivity index is 2.30. The van der Waals surface area contributed by atoms with Gasteiger partial charge in [-0.1, -0.05) is 11.3 Å². The lowest BCUT2D eigenvalue weighted by atomic mass is 10.4. The van der Waals surface area contributed by atoms with Gasteiger partial charge in [-0.2, -0.15) is 13.2 Å². The van der Waals surface area contributed by atoms with Gasteiger partial charge < -0.3 is 10.1 Å². The Bertz CT molecular complexity index is 316. The van der Waals surface area contributed by atoms with Gasteiger partial charge in [0, 0.05) is 19.8 Å². The van der Waals surface area contributed by atoms with Gasteiger partial charge >= 0.3 is 6.18 Å². The van der Waals surface area contributed by atoms with Crippen molar-refractivity contribution < 1.29 is 17.9 Å². The minimum absolute atomic E-state index is 0.184. The molecule has 0 aliphatic carbocycles. The van der Waals surface area contributed by atoms with Crippen LogP contribution in [0.1, 0.15) is 18.4 Å². The fourth-order valence-corrected chi connectivity index (χ4v) is 1.56. The number of anilines is 1. The van der Waals surface area contributed by atoms with E-state index in [2.05, 4.69) is 15.5 Å². The van der Waals surface area contributed by atoms with E-state index in [-0.39, 0.29) is 5.13 Å². The molecule has 1 aromatic heterocycles. The van der Waals surface area contributed by atoms with Crippen LogP contribution in [0.15, 0.2) is 0 Å². The highest BCUT2D eigenvalue weighted by Gasteiger charge is 2.35. The smallest absolute Gasteiger partial charge is 0.382 e. The minimum atomic E-state index is -4.41. The number of hydrogen-bond acceptors (Lipinski definition) is 5. The van der Waals surface area contributed by atoms with Crippen molar-refractivity contribution in [2.24, 2.45) is 0 Å². The van der Waals surface area contributed by atoms with Crippen LogP contribution in [0.3, 0.4) is 0 Å². The summed E-state index contributed by atoms with van der Waals surface area (Å²) in [5.74, 6) is 0. The van der Waals surface area contributed by atoms with Crippen molar-refractivity contribution in [2.45, 2.75) is 19.5 Å². The molecule has 0 bridgehead atoms. The lowest BCUT2D eigenvalue weighted by Crippen LogP contribution is -2.05. The van der Waals surface area contributed by atoms with Crippen LogP contribution < -0.4 is 5.32 Å². The first-order valence-electron chi connectivity index (χ1n) is 4.76. The summed E-state index contributed by atoms with van der Waals surface area (Å²) in [5.41, 5.74) is 0. The Morgan fingerprint density at radius 2 is 2.12 bits per heavy atom. The van der Waals surface area contributed by atoms with Gasteiger partial charge in [0.1, 0.15) is 0 Å². The normalized spacial score (nSPS) is 11.8. The monoisotopic (exact) mass is 255 g/mol. The van der Waals surface area contributed by atoms with Crippen molar-refractivity contribution in [3.05, 3.63) is 5.01 Å². The molecule has 1 rings (SSSR count). The first kappa shape index (κ1) is 13.2. The maximum Gasteiger partial charge on any atom is 0.445 e. The van der Waals surface area contributed by atoms with E-state index < -0.39 is 11.2 Å². The third-order valence-electron chi connectivity index (χ3n) is 1.61. The topological polar surface area (TPSA) is 47.0 Å². The molecule has 0 saturated heterocycles. The fourth-order valence-electron chi connectivity index (χ4n) is 0.923. The lowest BCUT2D eigenvalue weighted by Gasteiger charge is -2.01. The molecule has 0 aromatic carbocycles. The van der Waals surface area contributed by atoms with E-state index in [1.165, 1.54) is 0 Å². The maximum atomic E-state index is 12.2. The number of rotatable bonds is 6. The molecule has 1 heterocycles. The molecule has 0 spiro atoms. The molecule has 0 aliphatic heterocycles. The summed E-state index contributed by atoms with van der Waals surface area (Å²) in [6.07, 6.45) is -3.70. The standard InChI is InChI=1S/C8H12F3N3OS/c1-2-15-5-3-4-12-7-14-13-6(16-7)8(9,10)11/h2-5H2,1H3,(H,12,14). The van der Waals surface area contributed by atoms with E-state index in [0.29, 0.717) is 31.1 Å². The van der Waals surface area contributed by atoms with Gasteiger partial charge in [-0.3, -0.25) is 0 Å². The maximum absolute atomic E-state index is 12.2. The van der Waals surface area contributed by atoms with E-state index in [1.54, 1.807) is 0 Å². The van der Waals surface area contributed by atoms with Crippen LogP contribution >= 0.6 is 11.3 Å². The van der Waals surface area contributed by atoms with Crippen LogP contribution in [0.2, 0.25) is 0 Å². The van der Waals surface area contributed by atoms with Crippen molar-refractivity contribution in [3.63, 3.8) is 0 Å². The van der Waals surface area contributed by atoms with Crippen molar-refractivity contribution in [1.29, 1.82) is 0 Å². The quantitative estimate of drug-likeness (QED) is 0.793. The van der Waals surface area contributed by atoms with Gasteiger partial charge in [-0.25, -0.2) is 0 Å². The lowest BCUT2D eigenvalue weighted by molar-refractivity contribution is -0.138. The molecule has 1 aromatic rings. The molecule has 0 radical (unpaired) electrons. The first-order chi connectivity index (χ1) is 7.54. The molecule has 0 fully saturated rings. The summed E-state index contributed by atoms with van der Waals surface area (Å²) in [6, 6.07) is 0. The summed E-state index contributed by atoms with van der Waals surface area (Å²) >= 11 is 0.504. The summed E-state index contributed by atoms with van der Waals surface area (Å²) in [6.45, 7) is 3.62. The fraction of sp³-hybridized carbons (Fsp3) is 0.750. The van der Waals surface area contributed by atoms with Crippen molar-refractivity contribution in [1.82, 2.24) is 10.2 Å². The van der Waals surface area contributed by atoms with Crippen LogP contribution in [0.25, 0.3) is 0 Å². The molecule has 0 saturated carbocycles. The molecule has 4 nitrogen and oxygen atoms in total. The largest absolute Gasteiger partial charge is 0.445 e. The van der Waals surface area contributed by atoms with Gasteiger partial charge in [0.15, 0.2) is 0 Å². The SMILES string of the molecule is CCOCCCNc1nnc(C(F)(F)F)s1. The van der Waals surface area contributed by atoms with Crippen molar-refractivity contribution >= 4 is 16.5 Å². The number of nitrogens with one attached hydrogen (secondary N) is 1. The molecule has 0 atom stereocenters. The Morgan fingerprint density at radius 3 is 2.69 bits per heavy atom. The highest BCUT2D eigenvalue weighted by Crippen LogP contribution is 2.32. The molecule has 0 amide bonds. The van der Waals surface area contributed by atoms with Crippen LogP contribution in [0.4, 0.5) is 18.3 Å². The van der Waals surface area contributed by atoms with Crippen LogP contribution in [-0.2, 0) is 10.9 Å². The molecule has 8 heteroatoms. The summed E-state index contributed by atoms with van der Waals surface area (Å²) in [4.78, 5) is 0. The average Bonchev–Trinajstić information content (AvgIpc) is 2.65. The van der Waals surface area contributed by atoms with E-state index in [1.807, 2.05) is 6.92 Å². The molecule has 16 heavy (non-hydrogen) atoms. The van der Waals surface area contributed by atoms with Gasteiger partial charge in [0.05, 0.1) is 0 Å². The number of alkyl halides is 3. The second kappa shape index (κ2) is 6.00. The highest BCUT2D eigenvalue weighted by molar-refractivity contribution is 7.15. The van der Waals surface area contributed by atoms with Gasteiger partial charge in [0.2, 0.25) is 10.1 Å². The molecule has 1 N–H and O–H groups in total. The Labute approximate surface area is 94.8 Å². The Kier molecular flexibility index (Phi) is 4.94. The number of hydrogen-bond donors (Lipinski definition) is 1. The molecule has 0 unspecified atom stereocenters. The van der Waals surface area contributed by atoms with E-state index in [9.17, 15) is 13.2 Å². The number of ether oxygens (including phenoxy) is 1. The minimum Gasteiger partial charge on any atom is -0.382 e. The summed E-state index contributed by atoms with van der Waals surface area (Å²) in [7, 11) is 0. The predicted molar refractivity (Wildman–Crippen MR) is 54.5 cm³/mol. The Hall–Kier alpha value is -0.890. The zero-order chi connectivity index (χ0) is 12.0. The third-order valence-corrected chi connectivity index (χ3v) is 2.54. The van der Waals surface area contributed by atoms with Gasteiger partial charge in [0.25, 0.3) is 0 Å². The molecular formula is C8H12F3N3OS.